The largest absolute Gasteiger partial charge is 0.354 e. The van der Waals surface area contributed by atoms with E-state index in [1.165, 1.54) is 11.3 Å². The first-order valence-corrected chi connectivity index (χ1v) is 10.9. The second-order valence-corrected chi connectivity index (χ2v) is 8.32. The van der Waals surface area contributed by atoms with Gasteiger partial charge in [-0.15, -0.1) is 11.3 Å². The summed E-state index contributed by atoms with van der Waals surface area (Å²) < 4.78 is 0. The molecular formula is C22H21ClN4O2S. The summed E-state index contributed by atoms with van der Waals surface area (Å²) in [6, 6.07) is 17.3. The lowest BCUT2D eigenvalue weighted by atomic mass is 10.2. The van der Waals surface area contributed by atoms with E-state index in [1.54, 1.807) is 4.90 Å². The molecule has 0 radical (unpaired) electrons. The number of benzene rings is 2. The van der Waals surface area contributed by atoms with Crippen molar-refractivity contribution in [2.45, 2.75) is 6.54 Å². The van der Waals surface area contributed by atoms with E-state index >= 15 is 0 Å². The molecule has 4 rings (SSSR count). The highest BCUT2D eigenvalue weighted by molar-refractivity contribution is 7.14. The van der Waals surface area contributed by atoms with E-state index in [-0.39, 0.29) is 24.9 Å². The number of hydrogen-bond acceptors (Lipinski definition) is 5. The molecule has 1 fully saturated rings. The minimum absolute atomic E-state index is 0.0528. The third kappa shape index (κ3) is 5.05. The monoisotopic (exact) mass is 440 g/mol. The number of halogens is 1. The fourth-order valence-corrected chi connectivity index (χ4v) is 4.25. The van der Waals surface area contributed by atoms with Gasteiger partial charge in [-0.1, -0.05) is 54.1 Å². The molecule has 2 heterocycles. The maximum Gasteiger partial charge on any atom is 0.243 e. The Hall–Kier alpha value is -2.74. The molecule has 30 heavy (non-hydrogen) atoms. The van der Waals surface area contributed by atoms with Crippen molar-refractivity contribution in [1.29, 1.82) is 0 Å². The van der Waals surface area contributed by atoms with Gasteiger partial charge in [0.1, 0.15) is 0 Å². The third-order valence-electron chi connectivity index (χ3n) is 4.82. The molecule has 1 N–H and O–H groups in total. The Kier molecular flexibility index (Phi) is 6.42. The molecule has 1 aromatic heterocycles. The van der Waals surface area contributed by atoms with E-state index < -0.39 is 0 Å². The number of carbonyl (C=O) groups is 2. The van der Waals surface area contributed by atoms with Gasteiger partial charge in [0, 0.05) is 29.1 Å². The number of nitrogens with one attached hydrogen (secondary N) is 1. The van der Waals surface area contributed by atoms with Gasteiger partial charge in [-0.25, -0.2) is 4.98 Å². The average Bonchev–Trinajstić information content (AvgIpc) is 3.23. The molecule has 0 bridgehead atoms. The first-order valence-electron chi connectivity index (χ1n) is 9.63. The Labute approximate surface area is 184 Å². The summed E-state index contributed by atoms with van der Waals surface area (Å²) >= 11 is 7.42. The highest BCUT2D eigenvalue weighted by Crippen LogP contribution is 2.29. The molecule has 3 aromatic rings. The third-order valence-corrected chi connectivity index (χ3v) is 5.94. The van der Waals surface area contributed by atoms with Crippen molar-refractivity contribution in [3.63, 3.8) is 0 Å². The average molecular weight is 441 g/mol. The van der Waals surface area contributed by atoms with Gasteiger partial charge in [0.05, 0.1) is 25.3 Å². The SMILES string of the molecule is O=C1CN(CC(=O)N(Cc2ccccc2)c2nc(-c3ccc(Cl)cc3)cs2)CCN1. The first-order chi connectivity index (χ1) is 14.6. The van der Waals surface area contributed by atoms with Gasteiger partial charge in [-0.3, -0.25) is 19.4 Å². The van der Waals surface area contributed by atoms with E-state index in [4.69, 9.17) is 16.6 Å². The Balaban J connectivity index is 1.57. The zero-order valence-corrected chi connectivity index (χ0v) is 17.8. The van der Waals surface area contributed by atoms with Crippen molar-refractivity contribution < 1.29 is 9.59 Å². The maximum atomic E-state index is 13.2. The second kappa shape index (κ2) is 9.38. The van der Waals surface area contributed by atoms with Crippen LogP contribution in [0.3, 0.4) is 0 Å². The van der Waals surface area contributed by atoms with Crippen LogP contribution in [0.15, 0.2) is 60.0 Å². The van der Waals surface area contributed by atoms with Gasteiger partial charge in [-0.05, 0) is 17.7 Å². The number of nitrogens with zero attached hydrogens (tertiary/aromatic N) is 3. The highest BCUT2D eigenvalue weighted by Gasteiger charge is 2.25. The van der Waals surface area contributed by atoms with Crippen LogP contribution in [-0.2, 0) is 16.1 Å². The summed E-state index contributed by atoms with van der Waals surface area (Å²) in [4.78, 5) is 33.2. The van der Waals surface area contributed by atoms with Crippen LogP contribution in [0, 0.1) is 0 Å². The molecule has 6 nitrogen and oxygen atoms in total. The molecule has 154 valence electrons. The van der Waals surface area contributed by atoms with E-state index in [0.717, 1.165) is 16.8 Å². The number of thiazole rings is 1. The van der Waals surface area contributed by atoms with Crippen LogP contribution < -0.4 is 10.2 Å². The summed E-state index contributed by atoms with van der Waals surface area (Å²) in [5, 5.41) is 6.03. The van der Waals surface area contributed by atoms with Crippen molar-refractivity contribution in [2.75, 3.05) is 31.1 Å². The summed E-state index contributed by atoms with van der Waals surface area (Å²) in [5.41, 5.74) is 2.77. The van der Waals surface area contributed by atoms with Crippen LogP contribution >= 0.6 is 22.9 Å². The van der Waals surface area contributed by atoms with Crippen molar-refractivity contribution in [1.82, 2.24) is 15.2 Å². The number of anilines is 1. The first kappa shape index (κ1) is 20.5. The molecular weight excluding hydrogens is 420 g/mol. The molecule has 0 unspecified atom stereocenters. The molecule has 1 aliphatic heterocycles. The highest BCUT2D eigenvalue weighted by atomic mass is 35.5. The van der Waals surface area contributed by atoms with Crippen LogP contribution in [0.25, 0.3) is 11.3 Å². The van der Waals surface area contributed by atoms with Crippen LogP contribution in [0.1, 0.15) is 5.56 Å². The minimum Gasteiger partial charge on any atom is -0.354 e. The molecule has 2 aromatic carbocycles. The fraction of sp³-hybridized carbons (Fsp3) is 0.227. The quantitative estimate of drug-likeness (QED) is 0.637. The normalized spacial score (nSPS) is 14.4. The molecule has 0 aliphatic carbocycles. The number of amides is 2. The predicted octanol–water partition coefficient (Wildman–Crippen LogP) is 3.43. The number of carbonyl (C=O) groups excluding carboxylic acids is 2. The van der Waals surface area contributed by atoms with Crippen molar-refractivity contribution in [3.8, 4) is 11.3 Å². The Morgan fingerprint density at radius 3 is 2.67 bits per heavy atom. The lowest BCUT2D eigenvalue weighted by molar-refractivity contribution is -0.126. The molecule has 2 amide bonds. The Morgan fingerprint density at radius 1 is 1.17 bits per heavy atom. The second-order valence-electron chi connectivity index (χ2n) is 7.05. The van der Waals surface area contributed by atoms with Gasteiger partial charge < -0.3 is 5.32 Å². The Morgan fingerprint density at radius 2 is 1.93 bits per heavy atom. The number of piperazine rings is 1. The number of aromatic nitrogens is 1. The smallest absolute Gasteiger partial charge is 0.243 e. The van der Waals surface area contributed by atoms with Gasteiger partial charge >= 0.3 is 0 Å². The van der Waals surface area contributed by atoms with E-state index in [0.29, 0.717) is 29.8 Å². The fourth-order valence-electron chi connectivity index (χ4n) is 3.27. The molecule has 1 aliphatic rings. The Bertz CT molecular complexity index is 1020. The van der Waals surface area contributed by atoms with Crippen LogP contribution in [0.2, 0.25) is 5.02 Å². The topological polar surface area (TPSA) is 65.5 Å². The zero-order valence-electron chi connectivity index (χ0n) is 16.3. The molecule has 8 heteroatoms. The molecule has 1 saturated heterocycles. The van der Waals surface area contributed by atoms with Gasteiger partial charge in [-0.2, -0.15) is 0 Å². The summed E-state index contributed by atoms with van der Waals surface area (Å²) in [7, 11) is 0. The lowest BCUT2D eigenvalue weighted by Gasteiger charge is -2.28. The zero-order chi connectivity index (χ0) is 20.9. The lowest BCUT2D eigenvalue weighted by Crippen LogP contribution is -2.51. The van der Waals surface area contributed by atoms with Crippen molar-refractivity contribution in [3.05, 3.63) is 70.6 Å². The number of rotatable bonds is 6. The number of hydrogen-bond donors (Lipinski definition) is 1. The van der Waals surface area contributed by atoms with E-state index in [2.05, 4.69) is 5.32 Å². The van der Waals surface area contributed by atoms with Gasteiger partial charge in [0.15, 0.2) is 5.13 Å². The molecule has 0 atom stereocenters. The summed E-state index contributed by atoms with van der Waals surface area (Å²) in [6.07, 6.45) is 0. The molecule has 0 spiro atoms. The predicted molar refractivity (Wildman–Crippen MR) is 120 cm³/mol. The van der Waals surface area contributed by atoms with E-state index in [9.17, 15) is 9.59 Å². The summed E-state index contributed by atoms with van der Waals surface area (Å²) in [6.45, 7) is 2.05. The van der Waals surface area contributed by atoms with Gasteiger partial charge in [0.25, 0.3) is 0 Å². The van der Waals surface area contributed by atoms with E-state index in [1.807, 2.05) is 64.9 Å². The van der Waals surface area contributed by atoms with Crippen LogP contribution in [0.5, 0.6) is 0 Å². The van der Waals surface area contributed by atoms with Gasteiger partial charge in [0.2, 0.25) is 11.8 Å². The van der Waals surface area contributed by atoms with Crippen LogP contribution in [0.4, 0.5) is 5.13 Å². The van der Waals surface area contributed by atoms with Crippen molar-refractivity contribution >= 4 is 39.9 Å². The van der Waals surface area contributed by atoms with Crippen LogP contribution in [-0.4, -0.2) is 47.9 Å². The minimum atomic E-state index is -0.0782. The summed E-state index contributed by atoms with van der Waals surface area (Å²) in [5.74, 6) is -0.131. The molecule has 0 saturated carbocycles. The van der Waals surface area contributed by atoms with Crippen molar-refractivity contribution in [2.24, 2.45) is 0 Å². The maximum absolute atomic E-state index is 13.2. The standard InChI is InChI=1S/C22H21ClN4O2S/c23-18-8-6-17(7-9-18)19-15-30-22(25-19)27(12-16-4-2-1-3-5-16)21(29)14-26-11-10-24-20(28)13-26/h1-9,15H,10-14H2,(H,24,28).